The highest BCUT2D eigenvalue weighted by molar-refractivity contribution is 4.38. The van der Waals surface area contributed by atoms with Crippen molar-refractivity contribution in [1.82, 2.24) is 0 Å². The van der Waals surface area contributed by atoms with Crippen molar-refractivity contribution in [1.29, 1.82) is 0 Å². The van der Waals surface area contributed by atoms with Gasteiger partial charge in [-0.2, -0.15) is 0 Å². The predicted octanol–water partition coefficient (Wildman–Crippen LogP) is -2.39. The van der Waals surface area contributed by atoms with Gasteiger partial charge in [-0.3, -0.25) is 0 Å². The SMILES string of the molecule is CC(C)CN.[Cl-]. The summed E-state index contributed by atoms with van der Waals surface area (Å²) in [7, 11) is 0. The molecule has 0 heterocycles. The lowest BCUT2D eigenvalue weighted by atomic mass is 10.2. The average molecular weight is 109 g/mol. The van der Waals surface area contributed by atoms with Crippen LogP contribution in [-0.2, 0) is 0 Å². The van der Waals surface area contributed by atoms with E-state index in [4.69, 9.17) is 5.73 Å². The van der Waals surface area contributed by atoms with Crippen LogP contribution < -0.4 is 18.1 Å². The van der Waals surface area contributed by atoms with E-state index in [2.05, 4.69) is 13.8 Å². The van der Waals surface area contributed by atoms with Crippen molar-refractivity contribution in [2.24, 2.45) is 11.7 Å². The third kappa shape index (κ3) is 8.87. The summed E-state index contributed by atoms with van der Waals surface area (Å²) >= 11 is 0. The third-order valence-corrected chi connectivity index (χ3v) is 0.471. The van der Waals surface area contributed by atoms with E-state index in [9.17, 15) is 0 Å². The zero-order chi connectivity index (χ0) is 4.28. The van der Waals surface area contributed by atoms with Gasteiger partial charge in [0.05, 0.1) is 0 Å². The van der Waals surface area contributed by atoms with E-state index in [1.807, 2.05) is 0 Å². The molecule has 0 unspecified atom stereocenters. The van der Waals surface area contributed by atoms with E-state index in [0.29, 0.717) is 5.92 Å². The molecular weight excluding hydrogens is 97.5 g/mol. The number of hydrogen-bond acceptors (Lipinski definition) is 1. The maximum atomic E-state index is 5.17. The van der Waals surface area contributed by atoms with Crippen LogP contribution in [0.2, 0.25) is 0 Å². The van der Waals surface area contributed by atoms with E-state index in [-0.39, 0.29) is 12.4 Å². The van der Waals surface area contributed by atoms with Gasteiger partial charge in [-0.15, -0.1) is 0 Å². The molecule has 0 amide bonds. The first-order valence-electron chi connectivity index (χ1n) is 1.97. The molecule has 0 bridgehead atoms. The minimum atomic E-state index is 0. The summed E-state index contributed by atoms with van der Waals surface area (Å²) in [5.74, 6) is 0.662. The van der Waals surface area contributed by atoms with Gasteiger partial charge in [0.1, 0.15) is 0 Å². The van der Waals surface area contributed by atoms with Gasteiger partial charge in [-0.1, -0.05) is 13.8 Å². The summed E-state index contributed by atoms with van der Waals surface area (Å²) in [6.45, 7) is 5.00. The fourth-order valence-electron chi connectivity index (χ4n) is 0. The van der Waals surface area contributed by atoms with Crippen molar-refractivity contribution in [2.45, 2.75) is 13.8 Å². The van der Waals surface area contributed by atoms with Crippen molar-refractivity contribution in [2.75, 3.05) is 6.54 Å². The first-order chi connectivity index (χ1) is 2.27. The quantitative estimate of drug-likeness (QED) is 0.399. The summed E-state index contributed by atoms with van der Waals surface area (Å²) < 4.78 is 0. The van der Waals surface area contributed by atoms with E-state index >= 15 is 0 Å². The van der Waals surface area contributed by atoms with E-state index < -0.39 is 0 Å². The minimum Gasteiger partial charge on any atom is -1.00 e. The van der Waals surface area contributed by atoms with Gasteiger partial charge in [0, 0.05) is 0 Å². The minimum absolute atomic E-state index is 0. The molecule has 0 rings (SSSR count). The second-order valence-electron chi connectivity index (χ2n) is 1.63. The maximum absolute atomic E-state index is 5.17. The Balaban J connectivity index is 0. The monoisotopic (exact) mass is 108 g/mol. The molecular formula is C4H11ClN-. The zero-order valence-corrected chi connectivity index (χ0v) is 5.00. The smallest absolute Gasteiger partial charge is 0.00541 e. The molecule has 40 valence electrons. The van der Waals surface area contributed by atoms with Crippen LogP contribution in [0.5, 0.6) is 0 Å². The standard InChI is InChI=1S/C4H11N.ClH/c1-4(2)3-5;/h4H,3,5H2,1-2H3;1H/p-1. The van der Waals surface area contributed by atoms with E-state index in [1.165, 1.54) is 0 Å². The average Bonchev–Trinajstić information content (AvgIpc) is 1.38. The van der Waals surface area contributed by atoms with Gasteiger partial charge in [-0.05, 0) is 12.5 Å². The first-order valence-corrected chi connectivity index (χ1v) is 1.97. The van der Waals surface area contributed by atoms with Crippen LogP contribution in [0.25, 0.3) is 0 Å². The summed E-state index contributed by atoms with van der Waals surface area (Å²) in [5.41, 5.74) is 5.17. The molecule has 0 aromatic carbocycles. The number of rotatable bonds is 1. The molecule has 0 aliphatic carbocycles. The molecule has 0 aromatic rings. The maximum Gasteiger partial charge on any atom is -0.00541 e. The predicted molar refractivity (Wildman–Crippen MR) is 23.9 cm³/mol. The molecule has 0 fully saturated rings. The second kappa shape index (κ2) is 5.25. The zero-order valence-electron chi connectivity index (χ0n) is 4.24. The summed E-state index contributed by atoms with van der Waals surface area (Å²) in [4.78, 5) is 0. The normalized spacial score (nSPS) is 8.00. The Bertz CT molecular complexity index is 21.5. The molecule has 0 aliphatic rings. The molecule has 0 aliphatic heterocycles. The topological polar surface area (TPSA) is 26.0 Å². The van der Waals surface area contributed by atoms with Crippen LogP contribution in [-0.4, -0.2) is 6.54 Å². The highest BCUT2D eigenvalue weighted by atomic mass is 35.5. The molecule has 0 saturated carbocycles. The molecule has 0 spiro atoms. The molecule has 6 heavy (non-hydrogen) atoms. The number of hydrogen-bond donors (Lipinski definition) is 1. The first kappa shape index (κ1) is 9.54. The molecule has 2 N–H and O–H groups in total. The summed E-state index contributed by atoms with van der Waals surface area (Å²) in [5, 5.41) is 0. The van der Waals surface area contributed by atoms with Crippen LogP contribution in [0.15, 0.2) is 0 Å². The van der Waals surface area contributed by atoms with Crippen molar-refractivity contribution in [3.8, 4) is 0 Å². The van der Waals surface area contributed by atoms with Crippen molar-refractivity contribution in [3.63, 3.8) is 0 Å². The highest BCUT2D eigenvalue weighted by Crippen LogP contribution is 1.81. The molecule has 1 nitrogen and oxygen atoms in total. The van der Waals surface area contributed by atoms with Crippen molar-refractivity contribution in [3.05, 3.63) is 0 Å². The number of nitrogens with two attached hydrogens (primary N) is 1. The van der Waals surface area contributed by atoms with Gasteiger partial charge in [0.25, 0.3) is 0 Å². The van der Waals surface area contributed by atoms with Crippen LogP contribution in [0, 0.1) is 5.92 Å². The molecule has 0 radical (unpaired) electrons. The van der Waals surface area contributed by atoms with E-state index in [0.717, 1.165) is 6.54 Å². The van der Waals surface area contributed by atoms with Gasteiger partial charge in [0.15, 0.2) is 0 Å². The fraction of sp³-hybridized carbons (Fsp3) is 1.00. The van der Waals surface area contributed by atoms with Crippen molar-refractivity contribution < 1.29 is 12.4 Å². The molecule has 2 heteroatoms. The van der Waals surface area contributed by atoms with Crippen LogP contribution in [0.4, 0.5) is 0 Å². The Kier molecular flexibility index (Phi) is 8.35. The van der Waals surface area contributed by atoms with Gasteiger partial charge < -0.3 is 18.1 Å². The Morgan fingerprint density at radius 1 is 1.50 bits per heavy atom. The lowest BCUT2D eigenvalue weighted by Gasteiger charge is -1.91. The van der Waals surface area contributed by atoms with Crippen LogP contribution >= 0.6 is 0 Å². The molecule has 0 saturated heterocycles. The molecule has 0 atom stereocenters. The van der Waals surface area contributed by atoms with Gasteiger partial charge in [0.2, 0.25) is 0 Å². The van der Waals surface area contributed by atoms with Crippen LogP contribution in [0.3, 0.4) is 0 Å². The summed E-state index contributed by atoms with van der Waals surface area (Å²) in [6, 6.07) is 0. The summed E-state index contributed by atoms with van der Waals surface area (Å²) in [6.07, 6.45) is 0. The Labute approximate surface area is 45.3 Å². The van der Waals surface area contributed by atoms with Gasteiger partial charge >= 0.3 is 0 Å². The van der Waals surface area contributed by atoms with E-state index in [1.54, 1.807) is 0 Å². The lowest BCUT2D eigenvalue weighted by molar-refractivity contribution is -0.00000138. The number of halogens is 1. The Morgan fingerprint density at radius 3 is 1.67 bits per heavy atom. The van der Waals surface area contributed by atoms with Crippen LogP contribution in [0.1, 0.15) is 13.8 Å². The lowest BCUT2D eigenvalue weighted by Crippen LogP contribution is -3.00. The van der Waals surface area contributed by atoms with Gasteiger partial charge in [-0.25, -0.2) is 0 Å². The molecule has 0 aromatic heterocycles. The largest absolute Gasteiger partial charge is 1.00 e. The van der Waals surface area contributed by atoms with Crippen molar-refractivity contribution >= 4 is 0 Å². The Hall–Kier alpha value is 0.250. The third-order valence-electron chi connectivity index (χ3n) is 0.471. The Morgan fingerprint density at radius 2 is 1.67 bits per heavy atom. The highest BCUT2D eigenvalue weighted by Gasteiger charge is 1.80. The second-order valence-corrected chi connectivity index (χ2v) is 1.63. The fourth-order valence-corrected chi connectivity index (χ4v) is 0.